The van der Waals surface area contributed by atoms with E-state index in [0.717, 1.165) is 41.8 Å². The van der Waals surface area contributed by atoms with Crippen LogP contribution in [0, 0.1) is 0 Å². The molecule has 0 aliphatic carbocycles. The molecule has 0 bridgehead atoms. The third-order valence-electron chi connectivity index (χ3n) is 3.50. The topological polar surface area (TPSA) is 59.6 Å². The highest BCUT2D eigenvalue weighted by Crippen LogP contribution is 2.33. The van der Waals surface area contributed by atoms with Gasteiger partial charge in [-0.1, -0.05) is 22.0 Å². The Morgan fingerprint density at radius 3 is 3.18 bits per heavy atom. The molecule has 2 heterocycles. The van der Waals surface area contributed by atoms with Crippen LogP contribution >= 0.6 is 27.3 Å². The van der Waals surface area contributed by atoms with E-state index in [-0.39, 0.29) is 0 Å². The van der Waals surface area contributed by atoms with Crippen LogP contribution in [-0.2, 0) is 19.4 Å². The van der Waals surface area contributed by atoms with Crippen LogP contribution in [0.25, 0.3) is 0 Å². The molecule has 116 valence electrons. The molecule has 0 spiro atoms. The number of nitrogens with zero attached hydrogens (tertiary/aromatic N) is 1. The number of halogens is 1. The van der Waals surface area contributed by atoms with Gasteiger partial charge in [-0.2, -0.15) is 0 Å². The fourth-order valence-corrected chi connectivity index (χ4v) is 3.72. The minimum absolute atomic E-state index is 0.475. The summed E-state index contributed by atoms with van der Waals surface area (Å²) in [6, 6.07) is 8.35. The number of benzene rings is 1. The van der Waals surface area contributed by atoms with Crippen molar-refractivity contribution >= 4 is 33.2 Å². The van der Waals surface area contributed by atoms with Gasteiger partial charge >= 0.3 is 0 Å². The molecule has 0 saturated heterocycles. The zero-order valence-corrected chi connectivity index (χ0v) is 14.5. The first kappa shape index (κ1) is 15.4. The second-order valence-electron chi connectivity index (χ2n) is 5.11. The molecule has 6 heteroatoms. The number of rotatable bonds is 5. The van der Waals surface area contributed by atoms with Gasteiger partial charge in [-0.05, 0) is 35.6 Å². The predicted molar refractivity (Wildman–Crippen MR) is 94.7 cm³/mol. The van der Waals surface area contributed by atoms with Crippen LogP contribution in [0.3, 0.4) is 0 Å². The molecule has 1 aliphatic heterocycles. The summed E-state index contributed by atoms with van der Waals surface area (Å²) in [6.07, 6.45) is 1.92. The number of nitrogens with two attached hydrogens (primary N) is 1. The lowest BCUT2D eigenvalue weighted by molar-refractivity contribution is 0.353. The molecule has 0 saturated carbocycles. The smallest absolute Gasteiger partial charge is 0.188 e. The molecule has 0 atom stereocenters. The Morgan fingerprint density at radius 2 is 2.36 bits per heavy atom. The van der Waals surface area contributed by atoms with Crippen molar-refractivity contribution < 1.29 is 4.74 Å². The monoisotopic (exact) mass is 379 g/mol. The Morgan fingerprint density at radius 1 is 1.45 bits per heavy atom. The average Bonchev–Trinajstić information content (AvgIpc) is 3.15. The number of guanidine groups is 1. The van der Waals surface area contributed by atoms with Gasteiger partial charge in [0, 0.05) is 27.9 Å². The van der Waals surface area contributed by atoms with Crippen molar-refractivity contribution in [1.82, 2.24) is 5.32 Å². The highest BCUT2D eigenvalue weighted by molar-refractivity contribution is 9.10. The van der Waals surface area contributed by atoms with Crippen molar-refractivity contribution in [3.8, 4) is 5.75 Å². The van der Waals surface area contributed by atoms with Crippen LogP contribution in [0.1, 0.15) is 16.0 Å². The Labute approximate surface area is 142 Å². The third kappa shape index (κ3) is 3.81. The number of thiophene rings is 1. The molecule has 1 aromatic heterocycles. The molecule has 0 fully saturated rings. The second kappa shape index (κ2) is 7.15. The molecule has 0 radical (unpaired) electrons. The molecular formula is C16H18BrN3OS. The SMILES string of the molecule is NC(=NCc1cc(Br)cc2c1OCC2)NCCc1cccs1. The van der Waals surface area contributed by atoms with Crippen molar-refractivity contribution in [3.63, 3.8) is 0 Å². The summed E-state index contributed by atoms with van der Waals surface area (Å²) >= 11 is 5.29. The average molecular weight is 380 g/mol. The lowest BCUT2D eigenvalue weighted by Gasteiger charge is -2.08. The second-order valence-corrected chi connectivity index (χ2v) is 7.06. The maximum absolute atomic E-state index is 5.93. The van der Waals surface area contributed by atoms with Crippen molar-refractivity contribution in [2.75, 3.05) is 13.2 Å². The van der Waals surface area contributed by atoms with Gasteiger partial charge in [-0.15, -0.1) is 11.3 Å². The first-order valence-electron chi connectivity index (χ1n) is 7.22. The normalized spacial score (nSPS) is 13.8. The highest BCUT2D eigenvalue weighted by Gasteiger charge is 2.17. The highest BCUT2D eigenvalue weighted by atomic mass is 79.9. The number of nitrogens with one attached hydrogen (secondary N) is 1. The molecular weight excluding hydrogens is 362 g/mol. The van der Waals surface area contributed by atoms with E-state index in [1.165, 1.54) is 10.4 Å². The largest absolute Gasteiger partial charge is 0.493 e. The summed E-state index contributed by atoms with van der Waals surface area (Å²) in [7, 11) is 0. The van der Waals surface area contributed by atoms with E-state index in [4.69, 9.17) is 10.5 Å². The van der Waals surface area contributed by atoms with Gasteiger partial charge in [0.25, 0.3) is 0 Å². The Bertz CT molecular complexity index is 670. The van der Waals surface area contributed by atoms with Gasteiger partial charge in [0.2, 0.25) is 0 Å². The van der Waals surface area contributed by atoms with Crippen molar-refractivity contribution in [1.29, 1.82) is 0 Å². The fraction of sp³-hybridized carbons (Fsp3) is 0.312. The van der Waals surface area contributed by atoms with Crippen LogP contribution in [0.2, 0.25) is 0 Å². The van der Waals surface area contributed by atoms with Gasteiger partial charge in [0.05, 0.1) is 13.2 Å². The Balaban J connectivity index is 1.57. The molecule has 3 N–H and O–H groups in total. The Hall–Kier alpha value is -1.53. The van der Waals surface area contributed by atoms with Crippen molar-refractivity contribution in [2.45, 2.75) is 19.4 Å². The van der Waals surface area contributed by atoms with E-state index < -0.39 is 0 Å². The van der Waals surface area contributed by atoms with Gasteiger partial charge < -0.3 is 15.8 Å². The molecule has 22 heavy (non-hydrogen) atoms. The van der Waals surface area contributed by atoms with Crippen molar-refractivity contribution in [3.05, 3.63) is 50.1 Å². The number of ether oxygens (including phenoxy) is 1. The Kier molecular flexibility index (Phi) is 5.00. The van der Waals surface area contributed by atoms with Crippen LogP contribution < -0.4 is 15.8 Å². The van der Waals surface area contributed by atoms with Crippen LogP contribution in [-0.4, -0.2) is 19.1 Å². The molecule has 4 nitrogen and oxygen atoms in total. The molecule has 1 aliphatic rings. The summed E-state index contributed by atoms with van der Waals surface area (Å²) in [5.41, 5.74) is 8.25. The summed E-state index contributed by atoms with van der Waals surface area (Å²) < 4.78 is 6.76. The molecule has 0 unspecified atom stereocenters. The fourth-order valence-electron chi connectivity index (χ4n) is 2.46. The molecule has 1 aromatic carbocycles. The molecule has 0 amide bonds. The van der Waals surface area contributed by atoms with Gasteiger partial charge in [0.15, 0.2) is 5.96 Å². The minimum atomic E-state index is 0.475. The van der Waals surface area contributed by atoms with Crippen LogP contribution in [0.5, 0.6) is 5.75 Å². The van der Waals surface area contributed by atoms with Crippen LogP contribution in [0.15, 0.2) is 39.1 Å². The van der Waals surface area contributed by atoms with Crippen LogP contribution in [0.4, 0.5) is 0 Å². The first-order chi connectivity index (χ1) is 10.7. The van der Waals surface area contributed by atoms with E-state index in [9.17, 15) is 0 Å². The quantitative estimate of drug-likeness (QED) is 0.619. The predicted octanol–water partition coefficient (Wildman–Crippen LogP) is 3.09. The van der Waals surface area contributed by atoms with Crippen molar-refractivity contribution in [2.24, 2.45) is 10.7 Å². The summed E-state index contributed by atoms with van der Waals surface area (Å²) in [5, 5.41) is 5.24. The number of fused-ring (bicyclic) bond motifs is 1. The lowest BCUT2D eigenvalue weighted by Crippen LogP contribution is -2.33. The summed E-state index contributed by atoms with van der Waals surface area (Å²) in [6.45, 7) is 2.07. The van der Waals surface area contributed by atoms with Gasteiger partial charge in [0.1, 0.15) is 5.75 Å². The van der Waals surface area contributed by atoms with Gasteiger partial charge in [-0.25, -0.2) is 4.99 Å². The zero-order valence-electron chi connectivity index (χ0n) is 12.1. The number of aliphatic imine (C=N–C) groups is 1. The van der Waals surface area contributed by atoms with E-state index >= 15 is 0 Å². The zero-order chi connectivity index (χ0) is 15.4. The van der Waals surface area contributed by atoms with E-state index in [1.807, 2.05) is 6.07 Å². The number of hydrogen-bond acceptors (Lipinski definition) is 3. The standard InChI is InChI=1S/C16H18BrN3OS/c17-13-8-11-4-6-21-15(11)12(9-13)10-20-16(18)19-5-3-14-2-1-7-22-14/h1-2,7-9H,3-6,10H2,(H3,18,19,20). The maximum atomic E-state index is 5.93. The molecule has 2 aromatic rings. The van der Waals surface area contributed by atoms with E-state index in [1.54, 1.807) is 11.3 Å². The molecule has 3 rings (SSSR count). The lowest BCUT2D eigenvalue weighted by atomic mass is 10.1. The van der Waals surface area contributed by atoms with E-state index in [0.29, 0.717) is 12.5 Å². The minimum Gasteiger partial charge on any atom is -0.493 e. The van der Waals surface area contributed by atoms with Gasteiger partial charge in [-0.3, -0.25) is 0 Å². The van der Waals surface area contributed by atoms with E-state index in [2.05, 4.69) is 49.8 Å². The number of hydrogen-bond donors (Lipinski definition) is 2. The maximum Gasteiger partial charge on any atom is 0.188 e. The third-order valence-corrected chi connectivity index (χ3v) is 4.90. The summed E-state index contributed by atoms with van der Waals surface area (Å²) in [4.78, 5) is 5.76. The summed E-state index contributed by atoms with van der Waals surface area (Å²) in [5.74, 6) is 1.45. The first-order valence-corrected chi connectivity index (χ1v) is 8.90.